The van der Waals surface area contributed by atoms with Gasteiger partial charge < -0.3 is 20.4 Å². The molecule has 6 heteroatoms. The monoisotopic (exact) mass is 292 g/mol. The summed E-state index contributed by atoms with van der Waals surface area (Å²) in [6.07, 6.45) is 7.24. The Kier molecular flexibility index (Phi) is 18.9. The van der Waals surface area contributed by atoms with Gasteiger partial charge in [0, 0.05) is 26.1 Å². The fourth-order valence-electron chi connectivity index (χ4n) is 1.48. The van der Waals surface area contributed by atoms with Gasteiger partial charge in [0.2, 0.25) is 0 Å². The van der Waals surface area contributed by atoms with Crippen molar-refractivity contribution in [2.24, 2.45) is 0 Å². The molecule has 4 N–H and O–H groups in total. The van der Waals surface area contributed by atoms with Gasteiger partial charge >= 0.3 is 11.9 Å². The molecule has 0 aromatic carbocycles. The average molecular weight is 292 g/mol. The van der Waals surface area contributed by atoms with Gasteiger partial charge in [-0.2, -0.15) is 0 Å². The highest BCUT2D eigenvalue weighted by atomic mass is 16.4. The molecule has 0 unspecified atom stereocenters. The van der Waals surface area contributed by atoms with Crippen LogP contribution < -0.4 is 0 Å². The molecule has 0 spiro atoms. The Hall–Kier alpha value is -1.14. The van der Waals surface area contributed by atoms with Gasteiger partial charge in [0.25, 0.3) is 0 Å². The maximum Gasteiger partial charge on any atom is 0.303 e. The number of rotatable bonds is 12. The lowest BCUT2D eigenvalue weighted by atomic mass is 10.1. The van der Waals surface area contributed by atoms with E-state index in [2.05, 4.69) is 0 Å². The molecule has 0 aromatic heterocycles. The Bertz CT molecular complexity index is 206. The third kappa shape index (κ3) is 25.6. The summed E-state index contributed by atoms with van der Waals surface area (Å²) in [5.74, 6) is -1.46. The van der Waals surface area contributed by atoms with E-state index in [4.69, 9.17) is 20.4 Å². The lowest BCUT2D eigenvalue weighted by Crippen LogP contribution is -1.93. The molecule has 0 atom stereocenters. The third-order valence-electron chi connectivity index (χ3n) is 2.60. The average Bonchev–Trinajstić information content (AvgIpc) is 2.38. The van der Waals surface area contributed by atoms with Gasteiger partial charge in [-0.25, -0.2) is 0 Å². The Balaban J connectivity index is 0. The Morgan fingerprint density at radius 1 is 0.550 bits per heavy atom. The molecular formula is C14H28O6. The molecule has 6 nitrogen and oxygen atoms in total. The molecule has 20 heavy (non-hydrogen) atoms. The summed E-state index contributed by atoms with van der Waals surface area (Å²) in [4.78, 5) is 20.0. The standard InChI is InChI=1S/2C7H14O3/c2*8-6-4-2-1-3-5-7(9)10/h2*8H,1-6H2,(H,9,10). The fraction of sp³-hybridized carbons (Fsp3) is 0.857. The van der Waals surface area contributed by atoms with E-state index in [1.165, 1.54) is 0 Å². The van der Waals surface area contributed by atoms with Crippen LogP contribution in [0.2, 0.25) is 0 Å². The molecule has 0 saturated heterocycles. The Morgan fingerprint density at radius 2 is 0.850 bits per heavy atom. The quantitative estimate of drug-likeness (QED) is 0.409. The van der Waals surface area contributed by atoms with Crippen molar-refractivity contribution in [2.45, 2.75) is 64.2 Å². The number of aliphatic hydroxyl groups excluding tert-OH is 2. The zero-order valence-corrected chi connectivity index (χ0v) is 12.1. The molecule has 0 bridgehead atoms. The van der Waals surface area contributed by atoms with Gasteiger partial charge in [-0.05, 0) is 25.7 Å². The van der Waals surface area contributed by atoms with Crippen LogP contribution in [0.5, 0.6) is 0 Å². The Labute approximate surface area is 120 Å². The fourth-order valence-corrected chi connectivity index (χ4v) is 1.48. The van der Waals surface area contributed by atoms with Crippen molar-refractivity contribution in [1.82, 2.24) is 0 Å². The van der Waals surface area contributed by atoms with Gasteiger partial charge in [0.15, 0.2) is 0 Å². The Morgan fingerprint density at radius 3 is 1.10 bits per heavy atom. The maximum absolute atomic E-state index is 9.98. The SMILES string of the molecule is O=C(O)CCCCCCO.O=C(O)CCCCCCO. The predicted octanol–water partition coefficient (Wildman–Crippen LogP) is 2.03. The van der Waals surface area contributed by atoms with E-state index in [0.717, 1.165) is 51.4 Å². The highest BCUT2D eigenvalue weighted by Gasteiger charge is 1.95. The number of unbranched alkanes of at least 4 members (excludes halogenated alkanes) is 6. The first-order chi connectivity index (χ1) is 9.54. The van der Waals surface area contributed by atoms with Crippen LogP contribution in [-0.4, -0.2) is 45.6 Å². The second-order valence-corrected chi connectivity index (χ2v) is 4.56. The summed E-state index contributed by atoms with van der Waals surface area (Å²) in [5, 5.41) is 33.2. The molecule has 0 radical (unpaired) electrons. The molecule has 0 rings (SSSR count). The van der Waals surface area contributed by atoms with Gasteiger partial charge in [0.05, 0.1) is 0 Å². The van der Waals surface area contributed by atoms with Crippen LogP contribution in [0.1, 0.15) is 64.2 Å². The van der Waals surface area contributed by atoms with Crippen molar-refractivity contribution in [3.05, 3.63) is 0 Å². The summed E-state index contributed by atoms with van der Waals surface area (Å²) < 4.78 is 0. The van der Waals surface area contributed by atoms with Crippen molar-refractivity contribution in [2.75, 3.05) is 13.2 Å². The molecule has 0 heterocycles. The molecule has 0 aliphatic rings. The smallest absolute Gasteiger partial charge is 0.303 e. The van der Waals surface area contributed by atoms with E-state index in [-0.39, 0.29) is 26.1 Å². The van der Waals surface area contributed by atoms with Crippen molar-refractivity contribution in [1.29, 1.82) is 0 Å². The van der Waals surface area contributed by atoms with Crippen LogP contribution in [0.3, 0.4) is 0 Å². The van der Waals surface area contributed by atoms with Crippen molar-refractivity contribution < 1.29 is 30.0 Å². The summed E-state index contributed by atoms with van der Waals surface area (Å²) >= 11 is 0. The van der Waals surface area contributed by atoms with Crippen LogP contribution in [0.4, 0.5) is 0 Å². The summed E-state index contributed by atoms with van der Waals surface area (Å²) in [6, 6.07) is 0. The number of aliphatic carboxylic acids is 2. The topological polar surface area (TPSA) is 115 Å². The van der Waals surface area contributed by atoms with Crippen LogP contribution in [0, 0.1) is 0 Å². The van der Waals surface area contributed by atoms with E-state index in [9.17, 15) is 9.59 Å². The summed E-state index contributed by atoms with van der Waals surface area (Å²) in [5.41, 5.74) is 0. The van der Waals surface area contributed by atoms with Crippen LogP contribution in [0.25, 0.3) is 0 Å². The molecule has 0 aromatic rings. The van der Waals surface area contributed by atoms with Crippen LogP contribution in [-0.2, 0) is 9.59 Å². The molecule has 0 aliphatic carbocycles. The van der Waals surface area contributed by atoms with Gasteiger partial charge in [0.1, 0.15) is 0 Å². The molecule has 0 saturated carbocycles. The van der Waals surface area contributed by atoms with Gasteiger partial charge in [-0.1, -0.05) is 25.7 Å². The number of carbonyl (C=O) groups is 2. The van der Waals surface area contributed by atoms with E-state index < -0.39 is 11.9 Å². The van der Waals surface area contributed by atoms with Gasteiger partial charge in [-0.3, -0.25) is 9.59 Å². The largest absolute Gasteiger partial charge is 0.481 e. The molecular weight excluding hydrogens is 264 g/mol. The summed E-state index contributed by atoms with van der Waals surface area (Å²) in [7, 11) is 0. The first-order valence-electron chi connectivity index (χ1n) is 7.20. The first-order valence-corrected chi connectivity index (χ1v) is 7.20. The van der Waals surface area contributed by atoms with Gasteiger partial charge in [-0.15, -0.1) is 0 Å². The number of carboxylic acid groups (broad SMARTS) is 2. The van der Waals surface area contributed by atoms with E-state index >= 15 is 0 Å². The van der Waals surface area contributed by atoms with Crippen molar-refractivity contribution in [3.63, 3.8) is 0 Å². The third-order valence-corrected chi connectivity index (χ3v) is 2.60. The van der Waals surface area contributed by atoms with E-state index in [1.807, 2.05) is 0 Å². The normalized spacial score (nSPS) is 9.70. The van der Waals surface area contributed by atoms with Crippen LogP contribution >= 0.6 is 0 Å². The predicted molar refractivity (Wildman–Crippen MR) is 75.6 cm³/mol. The minimum atomic E-state index is -0.732. The van der Waals surface area contributed by atoms with Crippen molar-refractivity contribution in [3.8, 4) is 0 Å². The molecule has 0 amide bonds. The number of hydrogen-bond donors (Lipinski definition) is 4. The number of aliphatic hydroxyl groups is 2. The van der Waals surface area contributed by atoms with E-state index in [1.54, 1.807) is 0 Å². The zero-order valence-electron chi connectivity index (χ0n) is 12.1. The number of hydrogen-bond acceptors (Lipinski definition) is 4. The minimum Gasteiger partial charge on any atom is -0.481 e. The highest BCUT2D eigenvalue weighted by Crippen LogP contribution is 2.02. The lowest BCUT2D eigenvalue weighted by molar-refractivity contribution is -0.138. The highest BCUT2D eigenvalue weighted by molar-refractivity contribution is 5.66. The van der Waals surface area contributed by atoms with Crippen LogP contribution in [0.15, 0.2) is 0 Å². The summed E-state index contributed by atoms with van der Waals surface area (Å²) in [6.45, 7) is 0.431. The first kappa shape index (κ1) is 21.2. The minimum absolute atomic E-state index is 0.215. The lowest BCUT2D eigenvalue weighted by Gasteiger charge is -1.94. The zero-order chi connectivity index (χ0) is 15.6. The molecule has 0 aliphatic heterocycles. The maximum atomic E-state index is 9.98. The second kappa shape index (κ2) is 17.9. The molecule has 120 valence electrons. The second-order valence-electron chi connectivity index (χ2n) is 4.56. The van der Waals surface area contributed by atoms with E-state index in [0.29, 0.717) is 0 Å². The molecule has 0 fully saturated rings. The number of carboxylic acids is 2. The van der Waals surface area contributed by atoms with Crippen molar-refractivity contribution >= 4 is 11.9 Å².